The second kappa shape index (κ2) is 6.50. The van der Waals surface area contributed by atoms with Crippen LogP contribution in [0.15, 0.2) is 22.0 Å². The maximum atomic E-state index is 11.3. The van der Waals surface area contributed by atoms with Crippen molar-refractivity contribution in [2.45, 2.75) is 6.92 Å². The van der Waals surface area contributed by atoms with Gasteiger partial charge in [0.2, 0.25) is 0 Å². The van der Waals surface area contributed by atoms with Crippen LogP contribution in [0, 0.1) is 0 Å². The van der Waals surface area contributed by atoms with E-state index in [0.717, 1.165) is 0 Å². The molecule has 0 saturated carbocycles. The molecule has 0 radical (unpaired) electrons. The molecule has 0 fully saturated rings. The summed E-state index contributed by atoms with van der Waals surface area (Å²) in [6.07, 6.45) is 1.33. The van der Waals surface area contributed by atoms with Crippen LogP contribution in [0.1, 0.15) is 23.0 Å². The summed E-state index contributed by atoms with van der Waals surface area (Å²) in [5.41, 5.74) is 1.92. The molecule has 96 valence electrons. The molecule has 0 bridgehead atoms. The summed E-state index contributed by atoms with van der Waals surface area (Å²) in [7, 11) is 0. The van der Waals surface area contributed by atoms with Gasteiger partial charge in [0.25, 0.3) is 5.56 Å². The highest BCUT2D eigenvalue weighted by atomic mass is 32.1. The quantitative estimate of drug-likeness (QED) is 0.345. The third-order valence-corrected chi connectivity index (χ3v) is 2.11. The Morgan fingerprint density at radius 1 is 1.61 bits per heavy atom. The van der Waals surface area contributed by atoms with Gasteiger partial charge in [-0.1, -0.05) is 0 Å². The second-order valence-corrected chi connectivity index (χ2v) is 3.60. The summed E-state index contributed by atoms with van der Waals surface area (Å²) in [6, 6.07) is 2.65. The Morgan fingerprint density at radius 2 is 2.33 bits per heavy atom. The van der Waals surface area contributed by atoms with Crippen molar-refractivity contribution in [2.75, 3.05) is 6.54 Å². The first kappa shape index (κ1) is 13.8. The Kier molecular flexibility index (Phi) is 5.00. The fourth-order valence-corrected chi connectivity index (χ4v) is 1.29. The zero-order valence-electron chi connectivity index (χ0n) is 9.56. The third-order valence-electron chi connectivity index (χ3n) is 1.87. The van der Waals surface area contributed by atoms with Crippen molar-refractivity contribution in [3.05, 3.63) is 33.7 Å². The fraction of sp³-hybridized carbons (Fsp3) is 0.200. The lowest BCUT2D eigenvalue weighted by Crippen LogP contribution is -2.31. The minimum Gasteiger partial charge on any atom is -0.477 e. The Labute approximate surface area is 108 Å². The number of hydrogen-bond donors (Lipinski definition) is 4. The first-order valence-electron chi connectivity index (χ1n) is 5.08. The molecule has 18 heavy (non-hydrogen) atoms. The van der Waals surface area contributed by atoms with E-state index >= 15 is 0 Å². The van der Waals surface area contributed by atoms with Gasteiger partial charge in [-0.15, -0.1) is 0 Å². The van der Waals surface area contributed by atoms with Gasteiger partial charge in [0.05, 0.1) is 11.9 Å². The van der Waals surface area contributed by atoms with E-state index < -0.39 is 11.5 Å². The van der Waals surface area contributed by atoms with Gasteiger partial charge in [0.15, 0.2) is 5.11 Å². The maximum Gasteiger partial charge on any atom is 0.341 e. The van der Waals surface area contributed by atoms with E-state index in [2.05, 4.69) is 20.8 Å². The number of aromatic carboxylic acids is 1. The Hall–Kier alpha value is -2.22. The molecule has 0 aromatic carbocycles. The Bertz CT molecular complexity index is 538. The minimum absolute atomic E-state index is 0.316. The van der Waals surface area contributed by atoms with Gasteiger partial charge in [-0.2, -0.15) is 5.10 Å². The molecule has 0 spiro atoms. The van der Waals surface area contributed by atoms with Crippen LogP contribution in [0.5, 0.6) is 0 Å². The number of carboxylic acids is 1. The Morgan fingerprint density at radius 3 is 2.89 bits per heavy atom. The SMILES string of the molecule is CCNC(=S)N/N=C\c1ccc(C(=O)O)c(=O)[nH]1. The van der Waals surface area contributed by atoms with Gasteiger partial charge in [0, 0.05) is 6.54 Å². The molecule has 1 aromatic heterocycles. The number of nitrogens with zero attached hydrogens (tertiary/aromatic N) is 1. The zero-order chi connectivity index (χ0) is 13.5. The maximum absolute atomic E-state index is 11.3. The summed E-state index contributed by atoms with van der Waals surface area (Å²) in [6.45, 7) is 2.56. The average molecular weight is 268 g/mol. The van der Waals surface area contributed by atoms with Crippen LogP contribution >= 0.6 is 12.2 Å². The number of aromatic amines is 1. The first-order valence-corrected chi connectivity index (χ1v) is 5.49. The normalized spacial score (nSPS) is 10.3. The van der Waals surface area contributed by atoms with E-state index in [1.807, 2.05) is 6.92 Å². The smallest absolute Gasteiger partial charge is 0.341 e. The Balaban J connectivity index is 2.72. The highest BCUT2D eigenvalue weighted by molar-refractivity contribution is 7.80. The van der Waals surface area contributed by atoms with Crippen LogP contribution in [0.25, 0.3) is 0 Å². The number of thiocarbonyl (C=S) groups is 1. The molecular weight excluding hydrogens is 256 g/mol. The van der Waals surface area contributed by atoms with E-state index in [9.17, 15) is 9.59 Å². The standard InChI is InChI=1S/C10H12N4O3S/c1-2-11-10(18)14-12-5-6-3-4-7(9(16)17)8(15)13-6/h3-5H,2H2,1H3,(H,13,15)(H,16,17)(H2,11,14,18)/b12-5-. The van der Waals surface area contributed by atoms with Gasteiger partial charge in [-0.05, 0) is 31.3 Å². The molecule has 1 rings (SSSR count). The van der Waals surface area contributed by atoms with Crippen molar-refractivity contribution in [1.82, 2.24) is 15.7 Å². The summed E-state index contributed by atoms with van der Waals surface area (Å²) in [5.74, 6) is -1.27. The molecule has 0 aliphatic rings. The van der Waals surface area contributed by atoms with Crippen LogP contribution in [-0.4, -0.2) is 33.9 Å². The zero-order valence-corrected chi connectivity index (χ0v) is 10.4. The van der Waals surface area contributed by atoms with Crippen molar-refractivity contribution in [3.8, 4) is 0 Å². The monoisotopic (exact) mass is 268 g/mol. The molecule has 8 heteroatoms. The lowest BCUT2D eigenvalue weighted by Gasteiger charge is -2.02. The topological polar surface area (TPSA) is 107 Å². The summed E-state index contributed by atoms with van der Waals surface area (Å²) < 4.78 is 0. The van der Waals surface area contributed by atoms with Crippen LogP contribution in [0.3, 0.4) is 0 Å². The molecule has 1 aromatic rings. The fourth-order valence-electron chi connectivity index (χ4n) is 1.09. The number of hydrogen-bond acceptors (Lipinski definition) is 4. The number of hydrazone groups is 1. The van der Waals surface area contributed by atoms with Crippen molar-refractivity contribution < 1.29 is 9.90 Å². The van der Waals surface area contributed by atoms with Crippen LogP contribution in [0.2, 0.25) is 0 Å². The van der Waals surface area contributed by atoms with Crippen molar-refractivity contribution in [3.63, 3.8) is 0 Å². The summed E-state index contributed by atoms with van der Waals surface area (Å²) in [5, 5.41) is 15.6. The molecule has 0 unspecified atom stereocenters. The van der Waals surface area contributed by atoms with Gasteiger partial charge in [0.1, 0.15) is 5.56 Å². The lowest BCUT2D eigenvalue weighted by molar-refractivity contribution is 0.0695. The second-order valence-electron chi connectivity index (χ2n) is 3.19. The average Bonchev–Trinajstić information content (AvgIpc) is 2.29. The molecule has 0 amide bonds. The third kappa shape index (κ3) is 3.98. The number of H-pyrrole nitrogens is 1. The molecular formula is C10H12N4O3S. The number of aromatic nitrogens is 1. The number of carboxylic acid groups (broad SMARTS) is 1. The van der Waals surface area contributed by atoms with E-state index in [-0.39, 0.29) is 5.56 Å². The highest BCUT2D eigenvalue weighted by Crippen LogP contribution is 1.92. The number of rotatable bonds is 4. The first-order chi connectivity index (χ1) is 8.54. The molecule has 0 atom stereocenters. The van der Waals surface area contributed by atoms with Gasteiger partial charge < -0.3 is 15.4 Å². The van der Waals surface area contributed by atoms with Crippen LogP contribution < -0.4 is 16.3 Å². The molecule has 4 N–H and O–H groups in total. The van der Waals surface area contributed by atoms with Gasteiger partial charge >= 0.3 is 5.97 Å². The van der Waals surface area contributed by atoms with E-state index in [1.165, 1.54) is 18.3 Å². The van der Waals surface area contributed by atoms with E-state index in [1.54, 1.807) is 0 Å². The van der Waals surface area contributed by atoms with Gasteiger partial charge in [-0.25, -0.2) is 4.79 Å². The minimum atomic E-state index is -1.27. The molecule has 7 nitrogen and oxygen atoms in total. The largest absolute Gasteiger partial charge is 0.477 e. The predicted molar refractivity (Wildman–Crippen MR) is 71.0 cm³/mol. The predicted octanol–water partition coefficient (Wildman–Crippen LogP) is -0.109. The molecule has 0 aliphatic carbocycles. The molecule has 0 aliphatic heterocycles. The summed E-state index contributed by atoms with van der Waals surface area (Å²) >= 11 is 4.86. The van der Waals surface area contributed by atoms with E-state index in [4.69, 9.17) is 17.3 Å². The highest BCUT2D eigenvalue weighted by Gasteiger charge is 2.07. The van der Waals surface area contributed by atoms with E-state index in [0.29, 0.717) is 17.4 Å². The number of pyridine rings is 1. The van der Waals surface area contributed by atoms with Gasteiger partial charge in [-0.3, -0.25) is 10.2 Å². The molecule has 1 heterocycles. The van der Waals surface area contributed by atoms with Crippen molar-refractivity contribution in [2.24, 2.45) is 5.10 Å². The van der Waals surface area contributed by atoms with Crippen LogP contribution in [0.4, 0.5) is 0 Å². The molecule has 0 saturated heterocycles. The number of nitrogens with one attached hydrogen (secondary N) is 3. The number of carbonyl (C=O) groups is 1. The lowest BCUT2D eigenvalue weighted by atomic mass is 10.2. The summed E-state index contributed by atoms with van der Waals surface area (Å²) in [4.78, 5) is 24.3. The van der Waals surface area contributed by atoms with Crippen molar-refractivity contribution in [1.29, 1.82) is 0 Å². The van der Waals surface area contributed by atoms with Crippen LogP contribution in [-0.2, 0) is 0 Å². The van der Waals surface area contributed by atoms with Crippen molar-refractivity contribution >= 4 is 29.5 Å².